The van der Waals surface area contributed by atoms with Crippen molar-refractivity contribution in [3.8, 4) is 0 Å². The Balaban J connectivity index is 0.000001000. The monoisotopic (exact) mass is 338 g/mol. The van der Waals surface area contributed by atoms with Gasteiger partial charge in [-0.15, -0.1) is 0 Å². The van der Waals surface area contributed by atoms with E-state index in [1.807, 2.05) is 0 Å². The maximum absolute atomic E-state index is 5.32. The first-order valence-corrected chi connectivity index (χ1v) is 9.09. The van der Waals surface area contributed by atoms with Crippen LogP contribution in [-0.2, 0) is 4.74 Å². The average molecular weight is 337 g/mol. The third-order valence-electron chi connectivity index (χ3n) is 1.82. The molecule has 11 heavy (non-hydrogen) atoms. The van der Waals surface area contributed by atoms with Crippen LogP contribution in [0.4, 0.5) is 0 Å². The fourth-order valence-corrected chi connectivity index (χ4v) is 6.87. The molecule has 0 bridgehead atoms. The molecule has 0 saturated carbocycles. The smallest absolute Gasteiger partial charge is 1.00 e. The third-order valence-corrected chi connectivity index (χ3v) is 8.54. The van der Waals surface area contributed by atoms with Gasteiger partial charge in [-0.25, -0.2) is 0 Å². The van der Waals surface area contributed by atoms with Gasteiger partial charge in [-0.3, -0.25) is 0 Å². The minimum absolute atomic E-state index is 0. The number of ether oxygens (including phenoxy) is 1. The van der Waals surface area contributed by atoms with E-state index in [1.165, 1.54) is 21.8 Å². The second-order valence-corrected chi connectivity index (χ2v) is 9.68. The molecule has 0 amide bonds. The molecule has 1 fully saturated rings. The van der Waals surface area contributed by atoms with Gasteiger partial charge in [-0.05, 0) is 0 Å². The normalized spacial score (nSPS) is 19.4. The fourth-order valence-electron chi connectivity index (χ4n) is 1.11. The summed E-state index contributed by atoms with van der Waals surface area (Å²) < 4.78 is 9.87. The molecule has 0 atom stereocenters. The Morgan fingerprint density at radius 2 is 1.91 bits per heavy atom. The maximum atomic E-state index is 5.32. The van der Waals surface area contributed by atoms with Gasteiger partial charge in [-0.2, -0.15) is 0 Å². The number of hydrogen-bond acceptors (Lipinski definition) is 1. The SMILES string of the molecule is CCCC[Te+]1CCOCC1.[Br-]. The van der Waals surface area contributed by atoms with E-state index in [0.717, 1.165) is 13.2 Å². The zero-order valence-electron chi connectivity index (χ0n) is 7.14. The molecule has 1 nitrogen and oxygen atoms in total. The van der Waals surface area contributed by atoms with Crippen LogP contribution >= 0.6 is 0 Å². The zero-order valence-corrected chi connectivity index (χ0v) is 11.1. The number of hydrogen-bond donors (Lipinski definition) is 0. The molecule has 0 aliphatic carbocycles. The molecule has 0 unspecified atom stereocenters. The van der Waals surface area contributed by atoms with Gasteiger partial charge >= 0.3 is 70.7 Å². The summed E-state index contributed by atoms with van der Waals surface area (Å²) in [5.74, 6) is 0. The molecular weight excluding hydrogens is 320 g/mol. The van der Waals surface area contributed by atoms with Crippen LogP contribution in [0.3, 0.4) is 0 Å². The Morgan fingerprint density at radius 1 is 1.27 bits per heavy atom. The predicted octanol–water partition coefficient (Wildman–Crippen LogP) is -0.684. The standard InChI is InChI=1S/C8H17OTe.BrH/c1-2-3-6-10-7-4-9-5-8-10;/h2-8H2,1H3;1H/q+1;/p-1. The van der Waals surface area contributed by atoms with Crippen LogP contribution < -0.4 is 17.0 Å². The third kappa shape index (κ3) is 5.47. The van der Waals surface area contributed by atoms with E-state index in [4.69, 9.17) is 4.74 Å². The molecule has 1 rings (SSSR count). The van der Waals surface area contributed by atoms with Crippen molar-refractivity contribution in [1.29, 1.82) is 0 Å². The Kier molecular flexibility index (Phi) is 8.74. The molecule has 1 aliphatic heterocycles. The van der Waals surface area contributed by atoms with Crippen molar-refractivity contribution in [2.75, 3.05) is 13.2 Å². The Labute approximate surface area is 87.3 Å². The number of rotatable bonds is 3. The molecule has 0 aromatic carbocycles. The van der Waals surface area contributed by atoms with Crippen LogP contribution in [0.1, 0.15) is 19.8 Å². The minimum Gasteiger partial charge on any atom is -1.00 e. The molecule has 0 spiro atoms. The van der Waals surface area contributed by atoms with Crippen molar-refractivity contribution >= 4 is 19.6 Å². The van der Waals surface area contributed by atoms with Gasteiger partial charge in [0.2, 0.25) is 0 Å². The van der Waals surface area contributed by atoms with E-state index >= 15 is 0 Å². The summed E-state index contributed by atoms with van der Waals surface area (Å²) in [7, 11) is 0. The summed E-state index contributed by atoms with van der Waals surface area (Å²) in [5, 5.41) is 0. The molecule has 1 saturated heterocycles. The Bertz CT molecular complexity index is 84.2. The summed E-state index contributed by atoms with van der Waals surface area (Å²) in [6, 6.07) is 0. The largest absolute Gasteiger partial charge is 1.00 e. The number of unbranched alkanes of at least 4 members (excludes halogenated alkanes) is 1. The van der Waals surface area contributed by atoms with Gasteiger partial charge in [-0.1, -0.05) is 0 Å². The maximum Gasteiger partial charge on any atom is -1.00 e. The first kappa shape index (κ1) is 12.2. The van der Waals surface area contributed by atoms with E-state index in [-0.39, 0.29) is 17.0 Å². The molecule has 0 radical (unpaired) electrons. The summed E-state index contributed by atoms with van der Waals surface area (Å²) in [4.78, 5) is 0. The molecule has 68 valence electrons. The van der Waals surface area contributed by atoms with E-state index in [0.29, 0.717) is 0 Å². The van der Waals surface area contributed by atoms with E-state index in [2.05, 4.69) is 6.92 Å². The van der Waals surface area contributed by atoms with Crippen LogP contribution in [0.2, 0.25) is 13.4 Å². The summed E-state index contributed by atoms with van der Waals surface area (Å²) >= 11 is -0.549. The van der Waals surface area contributed by atoms with Crippen LogP contribution in [-0.4, -0.2) is 32.8 Å². The molecular formula is C8H17BrOTe. The number of halogens is 1. The fraction of sp³-hybridized carbons (Fsp3) is 1.00. The first-order valence-electron chi connectivity index (χ1n) is 4.15. The van der Waals surface area contributed by atoms with Gasteiger partial charge in [0.05, 0.1) is 0 Å². The van der Waals surface area contributed by atoms with Crippen LogP contribution in [0.25, 0.3) is 0 Å². The van der Waals surface area contributed by atoms with E-state index < -0.39 is 19.6 Å². The topological polar surface area (TPSA) is 9.23 Å². The zero-order chi connectivity index (χ0) is 7.23. The van der Waals surface area contributed by atoms with Gasteiger partial charge in [0.15, 0.2) is 0 Å². The molecule has 0 aromatic rings. The molecule has 0 N–H and O–H groups in total. The van der Waals surface area contributed by atoms with Crippen molar-refractivity contribution in [2.45, 2.75) is 33.2 Å². The molecule has 1 heterocycles. The summed E-state index contributed by atoms with van der Waals surface area (Å²) in [5.41, 5.74) is 0. The summed E-state index contributed by atoms with van der Waals surface area (Å²) in [6.07, 6.45) is 2.87. The predicted molar refractivity (Wildman–Crippen MR) is 45.9 cm³/mol. The molecule has 3 heteroatoms. The van der Waals surface area contributed by atoms with Crippen LogP contribution in [0, 0.1) is 0 Å². The van der Waals surface area contributed by atoms with Crippen LogP contribution in [0.5, 0.6) is 0 Å². The van der Waals surface area contributed by atoms with Gasteiger partial charge in [0, 0.05) is 0 Å². The van der Waals surface area contributed by atoms with Crippen molar-refractivity contribution in [2.24, 2.45) is 0 Å². The van der Waals surface area contributed by atoms with Crippen molar-refractivity contribution < 1.29 is 21.7 Å². The Hall–Kier alpha value is 1.23. The minimum atomic E-state index is -0.549. The van der Waals surface area contributed by atoms with Crippen molar-refractivity contribution in [1.82, 2.24) is 0 Å². The van der Waals surface area contributed by atoms with Gasteiger partial charge in [0.1, 0.15) is 0 Å². The van der Waals surface area contributed by atoms with Gasteiger partial charge < -0.3 is 17.0 Å². The van der Waals surface area contributed by atoms with Crippen LogP contribution in [0.15, 0.2) is 0 Å². The van der Waals surface area contributed by atoms with E-state index in [9.17, 15) is 0 Å². The van der Waals surface area contributed by atoms with Gasteiger partial charge in [0.25, 0.3) is 0 Å². The second-order valence-electron chi connectivity index (χ2n) is 2.69. The molecule has 0 aromatic heterocycles. The summed E-state index contributed by atoms with van der Waals surface area (Å²) in [6.45, 7) is 4.46. The first-order chi connectivity index (χ1) is 4.93. The Morgan fingerprint density at radius 3 is 2.45 bits per heavy atom. The van der Waals surface area contributed by atoms with Crippen molar-refractivity contribution in [3.63, 3.8) is 0 Å². The van der Waals surface area contributed by atoms with Crippen molar-refractivity contribution in [3.05, 3.63) is 0 Å². The van der Waals surface area contributed by atoms with E-state index in [1.54, 1.807) is 4.47 Å². The second kappa shape index (κ2) is 7.86. The quantitative estimate of drug-likeness (QED) is 0.620. The average Bonchev–Trinajstić information content (AvgIpc) is 2.03. The molecule has 1 aliphatic rings.